The third kappa shape index (κ3) is 3.28. The largest absolute Gasteiger partial charge is 0.328 e. The van der Waals surface area contributed by atoms with Gasteiger partial charge in [0.2, 0.25) is 0 Å². The Bertz CT molecular complexity index is 1030. The van der Waals surface area contributed by atoms with E-state index in [1.807, 2.05) is 19.1 Å². The van der Waals surface area contributed by atoms with Gasteiger partial charge >= 0.3 is 6.03 Å². The number of amides is 2. The molecular weight excluding hydrogens is 340 g/mol. The van der Waals surface area contributed by atoms with E-state index in [4.69, 9.17) is 0 Å². The normalized spacial score (nSPS) is 12.0. The summed E-state index contributed by atoms with van der Waals surface area (Å²) in [6.45, 7) is 1.81. The highest BCUT2D eigenvalue weighted by molar-refractivity contribution is 5.90. The first-order valence-electron chi connectivity index (χ1n) is 7.97. The van der Waals surface area contributed by atoms with Gasteiger partial charge in [-0.15, -0.1) is 0 Å². The summed E-state index contributed by atoms with van der Waals surface area (Å²) in [5, 5.41) is 3.81. The molecule has 26 heavy (non-hydrogen) atoms. The molecule has 0 radical (unpaired) electrons. The number of hydrogen-bond donors (Lipinski definition) is 2. The van der Waals surface area contributed by atoms with E-state index in [1.165, 1.54) is 11.0 Å². The van der Waals surface area contributed by atoms with E-state index in [0.29, 0.717) is 5.39 Å². The van der Waals surface area contributed by atoms with Crippen molar-refractivity contribution in [1.29, 1.82) is 0 Å². The Morgan fingerprint density at radius 1 is 1.12 bits per heavy atom. The highest BCUT2D eigenvalue weighted by Crippen LogP contribution is 2.25. The first-order chi connectivity index (χ1) is 12.4. The Balaban J connectivity index is 1.86. The number of carbonyl (C=O) groups excluding carboxylic acids is 1. The second kappa shape index (κ2) is 6.95. The van der Waals surface area contributed by atoms with E-state index in [9.17, 15) is 18.4 Å². The van der Waals surface area contributed by atoms with Gasteiger partial charge in [0.15, 0.2) is 11.6 Å². The SMILES string of the molecule is CC(c1c[nH]c(=O)c2ccccc12)N(C)C(=O)Nc1ccc(F)c(F)c1. The third-order valence-electron chi connectivity index (χ3n) is 4.36. The maximum Gasteiger partial charge on any atom is 0.322 e. The zero-order chi connectivity index (χ0) is 18.8. The summed E-state index contributed by atoms with van der Waals surface area (Å²) in [5.74, 6) is -2.02. The van der Waals surface area contributed by atoms with E-state index < -0.39 is 17.7 Å². The van der Waals surface area contributed by atoms with Crippen molar-refractivity contribution < 1.29 is 13.6 Å². The molecule has 0 saturated carbocycles. The molecule has 2 N–H and O–H groups in total. The van der Waals surface area contributed by atoms with E-state index in [0.717, 1.165) is 23.1 Å². The second-order valence-corrected chi connectivity index (χ2v) is 5.96. The molecule has 5 nitrogen and oxygen atoms in total. The third-order valence-corrected chi connectivity index (χ3v) is 4.36. The topological polar surface area (TPSA) is 65.2 Å². The zero-order valence-electron chi connectivity index (χ0n) is 14.2. The minimum absolute atomic E-state index is 0.152. The Morgan fingerprint density at radius 3 is 2.50 bits per heavy atom. The van der Waals surface area contributed by atoms with Crippen LogP contribution in [0.15, 0.2) is 53.5 Å². The molecule has 0 fully saturated rings. The average Bonchev–Trinajstić information content (AvgIpc) is 2.64. The van der Waals surface area contributed by atoms with E-state index in [1.54, 1.807) is 25.4 Å². The molecular formula is C19H17F2N3O2. The number of urea groups is 1. The molecule has 0 aliphatic heterocycles. The fraction of sp³-hybridized carbons (Fsp3) is 0.158. The smallest absolute Gasteiger partial charge is 0.322 e. The molecule has 0 saturated heterocycles. The van der Waals surface area contributed by atoms with Crippen molar-refractivity contribution in [2.45, 2.75) is 13.0 Å². The number of carbonyl (C=O) groups is 1. The van der Waals surface area contributed by atoms with Gasteiger partial charge < -0.3 is 15.2 Å². The van der Waals surface area contributed by atoms with Gasteiger partial charge in [0, 0.05) is 30.4 Å². The first-order valence-corrected chi connectivity index (χ1v) is 7.97. The predicted molar refractivity (Wildman–Crippen MR) is 96.1 cm³/mol. The lowest BCUT2D eigenvalue weighted by atomic mass is 10.0. The number of nitrogens with zero attached hydrogens (tertiary/aromatic N) is 1. The van der Waals surface area contributed by atoms with Gasteiger partial charge in [0.1, 0.15) is 0 Å². The molecule has 2 aromatic carbocycles. The van der Waals surface area contributed by atoms with Crippen LogP contribution in [0, 0.1) is 11.6 Å². The summed E-state index contributed by atoms with van der Waals surface area (Å²) in [7, 11) is 1.58. The maximum absolute atomic E-state index is 13.3. The highest BCUT2D eigenvalue weighted by Gasteiger charge is 2.20. The monoisotopic (exact) mass is 357 g/mol. The fourth-order valence-electron chi connectivity index (χ4n) is 2.75. The fourth-order valence-corrected chi connectivity index (χ4v) is 2.75. The summed E-state index contributed by atoms with van der Waals surface area (Å²) in [6.07, 6.45) is 1.58. The molecule has 1 aromatic heterocycles. The summed E-state index contributed by atoms with van der Waals surface area (Å²) in [5.41, 5.74) is 0.716. The number of benzene rings is 2. The molecule has 1 atom stereocenters. The number of hydrogen-bond acceptors (Lipinski definition) is 2. The maximum atomic E-state index is 13.3. The Labute approximate surface area is 148 Å². The van der Waals surface area contributed by atoms with Gasteiger partial charge in [-0.1, -0.05) is 18.2 Å². The molecule has 3 aromatic rings. The second-order valence-electron chi connectivity index (χ2n) is 5.96. The molecule has 3 rings (SSSR count). The minimum atomic E-state index is -1.04. The van der Waals surface area contributed by atoms with E-state index in [-0.39, 0.29) is 17.3 Å². The number of nitrogens with one attached hydrogen (secondary N) is 2. The Morgan fingerprint density at radius 2 is 1.81 bits per heavy atom. The van der Waals surface area contributed by atoms with Crippen molar-refractivity contribution in [3.8, 4) is 0 Å². The van der Waals surface area contributed by atoms with Crippen LogP contribution in [0.4, 0.5) is 19.3 Å². The number of halogens is 2. The van der Waals surface area contributed by atoms with Gasteiger partial charge in [0.25, 0.3) is 5.56 Å². The van der Waals surface area contributed by atoms with Crippen LogP contribution in [0.3, 0.4) is 0 Å². The summed E-state index contributed by atoms with van der Waals surface area (Å²) < 4.78 is 26.3. The molecule has 1 unspecified atom stereocenters. The van der Waals surface area contributed by atoms with Gasteiger partial charge in [-0.25, -0.2) is 13.6 Å². The number of fused-ring (bicyclic) bond motifs is 1. The lowest BCUT2D eigenvalue weighted by molar-refractivity contribution is 0.208. The molecule has 0 bridgehead atoms. The van der Waals surface area contributed by atoms with Crippen LogP contribution in [-0.2, 0) is 0 Å². The van der Waals surface area contributed by atoms with Crippen molar-refractivity contribution >= 4 is 22.5 Å². The molecule has 0 aliphatic carbocycles. The van der Waals surface area contributed by atoms with Crippen LogP contribution in [-0.4, -0.2) is 23.0 Å². The molecule has 1 heterocycles. The van der Waals surface area contributed by atoms with E-state index in [2.05, 4.69) is 10.3 Å². The summed E-state index contributed by atoms with van der Waals surface area (Å²) in [6, 6.07) is 9.41. The first kappa shape index (κ1) is 17.6. The minimum Gasteiger partial charge on any atom is -0.328 e. The molecule has 134 valence electrons. The van der Waals surface area contributed by atoms with Gasteiger partial charge in [-0.05, 0) is 36.1 Å². The van der Waals surface area contributed by atoms with Crippen molar-refractivity contribution in [1.82, 2.24) is 9.88 Å². The number of aromatic nitrogens is 1. The van der Waals surface area contributed by atoms with E-state index >= 15 is 0 Å². The van der Waals surface area contributed by atoms with Crippen LogP contribution in [0.25, 0.3) is 10.8 Å². The van der Waals surface area contributed by atoms with Crippen LogP contribution in [0.2, 0.25) is 0 Å². The number of anilines is 1. The van der Waals surface area contributed by atoms with Crippen molar-refractivity contribution in [2.24, 2.45) is 0 Å². The number of aromatic amines is 1. The predicted octanol–water partition coefficient (Wildman–Crippen LogP) is 4.03. The summed E-state index contributed by atoms with van der Waals surface area (Å²) >= 11 is 0. The zero-order valence-corrected chi connectivity index (χ0v) is 14.2. The van der Waals surface area contributed by atoms with Crippen LogP contribution < -0.4 is 10.9 Å². The van der Waals surface area contributed by atoms with Crippen LogP contribution >= 0.6 is 0 Å². The van der Waals surface area contributed by atoms with Crippen molar-refractivity contribution in [3.05, 3.63) is 76.2 Å². The number of H-pyrrole nitrogens is 1. The van der Waals surface area contributed by atoms with Gasteiger partial charge in [-0.3, -0.25) is 4.79 Å². The molecule has 2 amide bonds. The Hall–Kier alpha value is -3.22. The standard InChI is InChI=1S/C19H17F2N3O2/c1-11(15-10-22-18(25)14-6-4-3-5-13(14)15)24(2)19(26)23-12-7-8-16(20)17(21)9-12/h3-11H,1-2H3,(H,22,25)(H,23,26). The van der Waals surface area contributed by atoms with Gasteiger partial charge in [-0.2, -0.15) is 0 Å². The van der Waals surface area contributed by atoms with Crippen LogP contribution in [0.5, 0.6) is 0 Å². The average molecular weight is 357 g/mol. The lowest BCUT2D eigenvalue weighted by Crippen LogP contribution is -2.34. The number of pyridine rings is 1. The molecule has 0 spiro atoms. The van der Waals surface area contributed by atoms with Crippen molar-refractivity contribution in [3.63, 3.8) is 0 Å². The molecule has 7 heteroatoms. The van der Waals surface area contributed by atoms with Crippen LogP contribution in [0.1, 0.15) is 18.5 Å². The van der Waals surface area contributed by atoms with Gasteiger partial charge in [0.05, 0.1) is 6.04 Å². The molecule has 0 aliphatic rings. The number of rotatable bonds is 3. The highest BCUT2D eigenvalue weighted by atomic mass is 19.2. The van der Waals surface area contributed by atoms with Crippen molar-refractivity contribution in [2.75, 3.05) is 12.4 Å². The quantitative estimate of drug-likeness (QED) is 0.743. The Kier molecular flexibility index (Phi) is 4.71. The lowest BCUT2D eigenvalue weighted by Gasteiger charge is -2.26. The summed E-state index contributed by atoms with van der Waals surface area (Å²) in [4.78, 5) is 28.5.